The molecule has 0 saturated carbocycles. The fourth-order valence-electron chi connectivity index (χ4n) is 2.74. The van der Waals surface area contributed by atoms with Crippen LogP contribution in [0, 0.1) is 0 Å². The van der Waals surface area contributed by atoms with Crippen LogP contribution in [0.2, 0.25) is 0 Å². The third-order valence-electron chi connectivity index (χ3n) is 3.54. The Bertz CT molecular complexity index is 878. The number of hydrogen-bond donors (Lipinski definition) is 0. The molecule has 0 aromatic heterocycles. The summed E-state index contributed by atoms with van der Waals surface area (Å²) in [5.41, 5.74) is 0. The molecule has 0 unspecified atom stereocenters. The van der Waals surface area contributed by atoms with Crippen LogP contribution < -0.4 is 0 Å². The minimum Gasteiger partial charge on any atom is -0.0610 e. The van der Waals surface area contributed by atoms with E-state index >= 15 is 0 Å². The Labute approximate surface area is 121 Å². The molecule has 4 aromatic carbocycles. The van der Waals surface area contributed by atoms with Gasteiger partial charge in [-0.05, 0) is 70.2 Å². The number of hydrogen-bond acceptors (Lipinski definition) is 0. The molecule has 0 saturated heterocycles. The minimum atomic E-state index is 1.10. The molecule has 0 aliphatic rings. The summed E-state index contributed by atoms with van der Waals surface area (Å²) in [5, 5.41) is 7.87. The maximum absolute atomic E-state index is 3.68. The lowest BCUT2D eigenvalue weighted by Gasteiger charge is -2.12. The predicted molar refractivity (Wildman–Crippen MR) is 85.5 cm³/mol. The molecule has 0 spiro atoms. The van der Waals surface area contributed by atoms with Crippen molar-refractivity contribution < 1.29 is 0 Å². The number of benzene rings is 4. The Morgan fingerprint density at radius 2 is 1.33 bits per heavy atom. The molecule has 18 heavy (non-hydrogen) atoms. The first-order valence-corrected chi connectivity index (χ1v) is 7.36. The molecule has 2 heteroatoms. The third kappa shape index (κ3) is 1.30. The van der Waals surface area contributed by atoms with Crippen LogP contribution in [0.1, 0.15) is 0 Å². The Balaban J connectivity index is 2.46. The van der Waals surface area contributed by atoms with Crippen LogP contribution >= 0.6 is 31.9 Å². The number of rotatable bonds is 0. The molecule has 0 nitrogen and oxygen atoms in total. The molecular weight excluding hydrogens is 352 g/mol. The maximum atomic E-state index is 3.68. The second-order valence-electron chi connectivity index (χ2n) is 4.53. The van der Waals surface area contributed by atoms with Crippen molar-refractivity contribution >= 4 is 64.2 Å². The van der Waals surface area contributed by atoms with Crippen molar-refractivity contribution in [3.05, 3.63) is 57.5 Å². The summed E-state index contributed by atoms with van der Waals surface area (Å²) in [6.45, 7) is 0. The van der Waals surface area contributed by atoms with Gasteiger partial charge in [-0.3, -0.25) is 0 Å². The predicted octanol–water partition coefficient (Wildman–Crippen LogP) is 6.11. The second kappa shape index (κ2) is 3.69. The average molecular weight is 360 g/mol. The molecule has 0 fully saturated rings. The van der Waals surface area contributed by atoms with E-state index in [2.05, 4.69) is 80.4 Å². The van der Waals surface area contributed by atoms with E-state index in [9.17, 15) is 0 Å². The maximum Gasteiger partial charge on any atom is 0.0396 e. The molecule has 4 rings (SSSR count). The van der Waals surface area contributed by atoms with Crippen molar-refractivity contribution in [1.82, 2.24) is 0 Å². The lowest BCUT2D eigenvalue weighted by atomic mass is 9.94. The summed E-state index contributed by atoms with van der Waals surface area (Å²) in [6.07, 6.45) is 0. The molecule has 0 aliphatic carbocycles. The monoisotopic (exact) mass is 358 g/mol. The largest absolute Gasteiger partial charge is 0.0610 e. The van der Waals surface area contributed by atoms with Crippen molar-refractivity contribution in [1.29, 1.82) is 0 Å². The van der Waals surface area contributed by atoms with Crippen LogP contribution in [0.3, 0.4) is 0 Å². The molecule has 0 N–H and O–H groups in total. The smallest absolute Gasteiger partial charge is 0.0396 e. The lowest BCUT2D eigenvalue weighted by Crippen LogP contribution is -1.85. The van der Waals surface area contributed by atoms with Crippen LogP contribution in [0.15, 0.2) is 57.5 Å². The first-order valence-electron chi connectivity index (χ1n) is 5.77. The molecule has 0 heterocycles. The summed E-state index contributed by atoms with van der Waals surface area (Å²) < 4.78 is 2.24. The Kier molecular flexibility index (Phi) is 2.21. The third-order valence-corrected chi connectivity index (χ3v) is 5.55. The molecule has 86 valence electrons. The zero-order valence-corrected chi connectivity index (χ0v) is 12.5. The van der Waals surface area contributed by atoms with Crippen molar-refractivity contribution in [3.63, 3.8) is 0 Å². The molecule has 0 aliphatic heterocycles. The van der Waals surface area contributed by atoms with Gasteiger partial charge in [-0.25, -0.2) is 0 Å². The van der Waals surface area contributed by atoms with Gasteiger partial charge < -0.3 is 0 Å². The second-order valence-corrected chi connectivity index (χ2v) is 6.18. The lowest BCUT2D eigenvalue weighted by molar-refractivity contribution is 1.69. The van der Waals surface area contributed by atoms with Crippen molar-refractivity contribution in [2.45, 2.75) is 0 Å². The summed E-state index contributed by atoms with van der Waals surface area (Å²) in [5.74, 6) is 0. The van der Waals surface area contributed by atoms with Crippen LogP contribution in [0.4, 0.5) is 0 Å². The van der Waals surface area contributed by atoms with Crippen LogP contribution in [0.5, 0.6) is 0 Å². The van der Waals surface area contributed by atoms with Crippen molar-refractivity contribution in [2.75, 3.05) is 0 Å². The first-order chi connectivity index (χ1) is 8.75. The van der Waals surface area contributed by atoms with E-state index in [1.54, 1.807) is 0 Å². The molecule has 4 aromatic rings. The highest BCUT2D eigenvalue weighted by Gasteiger charge is 2.11. The normalized spacial score (nSPS) is 11.9. The van der Waals surface area contributed by atoms with Gasteiger partial charge in [0.1, 0.15) is 0 Å². The van der Waals surface area contributed by atoms with Gasteiger partial charge in [0, 0.05) is 8.95 Å². The van der Waals surface area contributed by atoms with Crippen molar-refractivity contribution in [3.8, 4) is 0 Å². The summed E-state index contributed by atoms with van der Waals surface area (Å²) in [6, 6.07) is 17.4. The van der Waals surface area contributed by atoms with E-state index in [0.717, 1.165) is 8.95 Å². The average Bonchev–Trinajstić information content (AvgIpc) is 2.40. The first kappa shape index (κ1) is 10.8. The molecule has 0 bridgehead atoms. The van der Waals surface area contributed by atoms with E-state index in [0.29, 0.717) is 0 Å². The van der Waals surface area contributed by atoms with Gasteiger partial charge >= 0.3 is 0 Å². The van der Waals surface area contributed by atoms with Crippen LogP contribution in [-0.4, -0.2) is 0 Å². The molecule has 0 amide bonds. The van der Waals surface area contributed by atoms with Gasteiger partial charge in [0.25, 0.3) is 0 Å². The standard InChI is InChI=1S/C16H8Br2/c17-13-8-11-5-4-9-2-1-3-10-6-7-12(16(13)18)15(11)14(9)10/h1-8H. The minimum absolute atomic E-state index is 1.10. The van der Waals surface area contributed by atoms with E-state index in [4.69, 9.17) is 0 Å². The quantitative estimate of drug-likeness (QED) is 0.332. The molecule has 0 atom stereocenters. The van der Waals surface area contributed by atoms with Gasteiger partial charge in [-0.1, -0.05) is 42.5 Å². The van der Waals surface area contributed by atoms with Gasteiger partial charge in [-0.2, -0.15) is 0 Å². The van der Waals surface area contributed by atoms with E-state index in [1.165, 1.54) is 32.3 Å². The molecular formula is C16H8Br2. The summed E-state index contributed by atoms with van der Waals surface area (Å²) >= 11 is 7.29. The van der Waals surface area contributed by atoms with Gasteiger partial charge in [0.2, 0.25) is 0 Å². The van der Waals surface area contributed by atoms with E-state index < -0.39 is 0 Å². The van der Waals surface area contributed by atoms with E-state index in [-0.39, 0.29) is 0 Å². The van der Waals surface area contributed by atoms with E-state index in [1.807, 2.05) is 0 Å². The Hall–Kier alpha value is -1.12. The SMILES string of the molecule is Brc1cc2ccc3cccc4ccc(c1Br)c2c34. The zero-order chi connectivity index (χ0) is 12.3. The van der Waals surface area contributed by atoms with Crippen LogP contribution in [-0.2, 0) is 0 Å². The summed E-state index contributed by atoms with van der Waals surface area (Å²) in [4.78, 5) is 0. The highest BCUT2D eigenvalue weighted by Crippen LogP contribution is 2.40. The molecule has 0 radical (unpaired) electrons. The fraction of sp³-hybridized carbons (Fsp3) is 0. The van der Waals surface area contributed by atoms with Gasteiger partial charge in [0.15, 0.2) is 0 Å². The highest BCUT2D eigenvalue weighted by atomic mass is 79.9. The zero-order valence-electron chi connectivity index (χ0n) is 9.37. The van der Waals surface area contributed by atoms with Crippen LogP contribution in [0.25, 0.3) is 32.3 Å². The summed E-state index contributed by atoms with van der Waals surface area (Å²) in [7, 11) is 0. The Morgan fingerprint density at radius 1 is 0.667 bits per heavy atom. The van der Waals surface area contributed by atoms with Gasteiger partial charge in [-0.15, -0.1) is 0 Å². The topological polar surface area (TPSA) is 0 Å². The highest BCUT2D eigenvalue weighted by molar-refractivity contribution is 9.13. The Morgan fingerprint density at radius 3 is 2.11 bits per heavy atom. The fourth-order valence-corrected chi connectivity index (χ4v) is 3.65. The van der Waals surface area contributed by atoms with Gasteiger partial charge in [0.05, 0.1) is 0 Å². The number of halogens is 2. The van der Waals surface area contributed by atoms with Crippen molar-refractivity contribution in [2.24, 2.45) is 0 Å².